The van der Waals surface area contributed by atoms with Crippen LogP contribution < -0.4 is 9.80 Å². The van der Waals surface area contributed by atoms with Crippen LogP contribution in [0.2, 0.25) is 0 Å². The number of carbonyl (C=O) groups is 1. The van der Waals surface area contributed by atoms with Crippen LogP contribution in [0.4, 0.5) is 11.8 Å². The minimum absolute atomic E-state index is 0.313. The highest BCUT2D eigenvalue weighted by atomic mass is 16.4. The number of aliphatic hydroxyl groups is 1. The van der Waals surface area contributed by atoms with Crippen molar-refractivity contribution in [2.24, 2.45) is 0 Å². The Hall–Kier alpha value is -2.68. The van der Waals surface area contributed by atoms with E-state index in [1.165, 1.54) is 0 Å². The van der Waals surface area contributed by atoms with Gasteiger partial charge in [-0.05, 0) is 25.0 Å². The minimum atomic E-state index is -1.03. The van der Waals surface area contributed by atoms with E-state index in [4.69, 9.17) is 0 Å². The van der Waals surface area contributed by atoms with Crippen molar-refractivity contribution in [1.29, 1.82) is 0 Å². The summed E-state index contributed by atoms with van der Waals surface area (Å²) in [6, 6.07) is 1.85. The fourth-order valence-corrected chi connectivity index (χ4v) is 3.88. The van der Waals surface area contributed by atoms with Gasteiger partial charge in [-0.1, -0.05) is 0 Å². The summed E-state index contributed by atoms with van der Waals surface area (Å²) in [4.78, 5) is 25.1. The van der Waals surface area contributed by atoms with Crippen LogP contribution in [-0.2, 0) is 10.3 Å². The standard InChI is InChI=1S/C18H24N6O3/c1-13-10-20-24(11-13)18(16(26)27)4-8-22(9-5-18)17-19-6-2-15(21-17)23-7-3-14(25)12-23/h2,6,10-11,14,25H,3-5,7-9,12H2,1H3,(H,26,27)/t14-/m0/s1. The number of hydrogen-bond donors (Lipinski definition) is 2. The average Bonchev–Trinajstić information content (AvgIpc) is 3.30. The summed E-state index contributed by atoms with van der Waals surface area (Å²) in [5, 5.41) is 23.9. The molecule has 2 aliphatic heterocycles. The molecule has 0 aromatic carbocycles. The van der Waals surface area contributed by atoms with E-state index < -0.39 is 11.5 Å². The molecule has 0 bridgehead atoms. The van der Waals surface area contributed by atoms with Crippen LogP contribution in [-0.4, -0.2) is 68.2 Å². The Kier molecular flexibility index (Phi) is 4.47. The first-order valence-electron chi connectivity index (χ1n) is 9.24. The number of carboxylic acid groups (broad SMARTS) is 1. The summed E-state index contributed by atoms with van der Waals surface area (Å²) in [5.41, 5.74) is -0.0802. The van der Waals surface area contributed by atoms with Crippen LogP contribution in [0.5, 0.6) is 0 Å². The number of aliphatic carboxylic acids is 1. The van der Waals surface area contributed by atoms with E-state index in [-0.39, 0.29) is 6.10 Å². The van der Waals surface area contributed by atoms with Gasteiger partial charge in [0.05, 0.1) is 12.3 Å². The second-order valence-electron chi connectivity index (χ2n) is 7.39. The molecule has 144 valence electrons. The molecule has 0 radical (unpaired) electrons. The summed E-state index contributed by atoms with van der Waals surface area (Å²) in [6.07, 6.45) is 6.49. The normalized spacial score (nSPS) is 22.2. The lowest BCUT2D eigenvalue weighted by atomic mass is 9.87. The first kappa shape index (κ1) is 17.7. The summed E-state index contributed by atoms with van der Waals surface area (Å²) < 4.78 is 1.59. The number of β-amino-alcohol motifs (C(OH)–C–C–N with tert-alkyl or cyclic N) is 1. The largest absolute Gasteiger partial charge is 0.479 e. The predicted octanol–water partition coefficient (Wildman–Crippen LogP) is 0.633. The van der Waals surface area contributed by atoms with Gasteiger partial charge in [0.25, 0.3) is 0 Å². The number of anilines is 2. The first-order chi connectivity index (χ1) is 13.0. The highest BCUT2D eigenvalue weighted by Gasteiger charge is 2.44. The van der Waals surface area contributed by atoms with Crippen LogP contribution in [0, 0.1) is 6.92 Å². The van der Waals surface area contributed by atoms with Crippen LogP contribution in [0.1, 0.15) is 24.8 Å². The van der Waals surface area contributed by atoms with Crippen molar-refractivity contribution in [2.45, 2.75) is 37.8 Å². The molecule has 0 saturated carbocycles. The molecule has 0 spiro atoms. The lowest BCUT2D eigenvalue weighted by molar-refractivity contribution is -0.149. The van der Waals surface area contributed by atoms with Crippen LogP contribution in [0.15, 0.2) is 24.7 Å². The molecule has 4 rings (SSSR count). The van der Waals surface area contributed by atoms with Gasteiger partial charge in [-0.25, -0.2) is 9.78 Å². The van der Waals surface area contributed by atoms with Crippen molar-refractivity contribution >= 4 is 17.7 Å². The summed E-state index contributed by atoms with van der Waals surface area (Å²) in [7, 11) is 0. The molecule has 2 aromatic heterocycles. The molecular formula is C18H24N6O3. The van der Waals surface area contributed by atoms with E-state index in [0.29, 0.717) is 38.4 Å². The molecule has 0 aliphatic carbocycles. The fourth-order valence-electron chi connectivity index (χ4n) is 3.88. The zero-order valence-corrected chi connectivity index (χ0v) is 15.3. The van der Waals surface area contributed by atoms with Crippen molar-refractivity contribution < 1.29 is 15.0 Å². The summed E-state index contributed by atoms with van der Waals surface area (Å²) in [5.74, 6) is 0.546. The van der Waals surface area contributed by atoms with E-state index in [2.05, 4.69) is 15.1 Å². The number of hydrogen-bond acceptors (Lipinski definition) is 7. The highest BCUT2D eigenvalue weighted by molar-refractivity contribution is 5.77. The molecule has 0 amide bonds. The maximum Gasteiger partial charge on any atom is 0.331 e. The van der Waals surface area contributed by atoms with Crippen molar-refractivity contribution in [3.05, 3.63) is 30.2 Å². The monoisotopic (exact) mass is 372 g/mol. The Bertz CT molecular complexity index is 830. The number of aliphatic hydroxyl groups excluding tert-OH is 1. The third-order valence-electron chi connectivity index (χ3n) is 5.54. The summed E-state index contributed by atoms with van der Waals surface area (Å²) in [6.45, 7) is 4.34. The Morgan fingerprint density at radius 3 is 2.63 bits per heavy atom. The molecule has 1 atom stereocenters. The molecule has 9 nitrogen and oxygen atoms in total. The lowest BCUT2D eigenvalue weighted by Crippen LogP contribution is -2.51. The molecule has 4 heterocycles. The lowest BCUT2D eigenvalue weighted by Gasteiger charge is -2.39. The Morgan fingerprint density at radius 2 is 2.04 bits per heavy atom. The van der Waals surface area contributed by atoms with Crippen LogP contribution in [0.25, 0.3) is 0 Å². The minimum Gasteiger partial charge on any atom is -0.479 e. The Labute approximate surface area is 157 Å². The number of piperidine rings is 1. The smallest absolute Gasteiger partial charge is 0.331 e. The summed E-state index contributed by atoms with van der Waals surface area (Å²) >= 11 is 0. The highest BCUT2D eigenvalue weighted by Crippen LogP contribution is 2.32. The van der Waals surface area contributed by atoms with Crippen molar-refractivity contribution in [3.8, 4) is 0 Å². The zero-order chi connectivity index (χ0) is 19.0. The van der Waals surface area contributed by atoms with E-state index >= 15 is 0 Å². The molecule has 9 heteroatoms. The van der Waals surface area contributed by atoms with Gasteiger partial charge in [0, 0.05) is 51.4 Å². The number of carboxylic acids is 1. The number of aromatic nitrogens is 4. The number of rotatable bonds is 4. The van der Waals surface area contributed by atoms with Gasteiger partial charge >= 0.3 is 5.97 Å². The van der Waals surface area contributed by atoms with Gasteiger partial charge in [0.15, 0.2) is 5.54 Å². The molecule has 2 fully saturated rings. The predicted molar refractivity (Wildman–Crippen MR) is 98.9 cm³/mol. The van der Waals surface area contributed by atoms with Gasteiger partial charge in [0.1, 0.15) is 5.82 Å². The third kappa shape index (κ3) is 3.23. The quantitative estimate of drug-likeness (QED) is 0.805. The number of aryl methyl sites for hydroxylation is 1. The molecule has 0 unspecified atom stereocenters. The van der Waals surface area contributed by atoms with E-state index in [1.54, 1.807) is 23.3 Å². The SMILES string of the molecule is Cc1cnn(C2(C(=O)O)CCN(c3nccc(N4CC[C@H](O)C4)n3)CC2)c1. The zero-order valence-electron chi connectivity index (χ0n) is 15.3. The Morgan fingerprint density at radius 1 is 1.26 bits per heavy atom. The first-order valence-corrected chi connectivity index (χ1v) is 9.24. The van der Waals surface area contributed by atoms with E-state index in [1.807, 2.05) is 22.8 Å². The number of nitrogens with zero attached hydrogens (tertiary/aromatic N) is 6. The fraction of sp³-hybridized carbons (Fsp3) is 0.556. The van der Waals surface area contributed by atoms with E-state index in [9.17, 15) is 15.0 Å². The third-order valence-corrected chi connectivity index (χ3v) is 5.54. The van der Waals surface area contributed by atoms with Crippen molar-refractivity contribution in [1.82, 2.24) is 19.7 Å². The molecule has 2 N–H and O–H groups in total. The van der Waals surface area contributed by atoms with Crippen molar-refractivity contribution in [2.75, 3.05) is 36.0 Å². The van der Waals surface area contributed by atoms with Gasteiger partial charge in [0.2, 0.25) is 5.95 Å². The second-order valence-corrected chi connectivity index (χ2v) is 7.39. The van der Waals surface area contributed by atoms with Gasteiger partial charge in [-0.3, -0.25) is 4.68 Å². The van der Waals surface area contributed by atoms with Gasteiger partial charge < -0.3 is 20.0 Å². The molecule has 2 aliphatic rings. The maximum absolute atomic E-state index is 12.0. The van der Waals surface area contributed by atoms with Crippen molar-refractivity contribution in [3.63, 3.8) is 0 Å². The molecule has 27 heavy (non-hydrogen) atoms. The molecular weight excluding hydrogens is 348 g/mol. The van der Waals surface area contributed by atoms with E-state index in [0.717, 1.165) is 24.3 Å². The molecule has 2 aromatic rings. The second kappa shape index (κ2) is 6.80. The van der Waals surface area contributed by atoms with Gasteiger partial charge in [-0.15, -0.1) is 0 Å². The topological polar surface area (TPSA) is 108 Å². The van der Waals surface area contributed by atoms with Crippen LogP contribution >= 0.6 is 0 Å². The van der Waals surface area contributed by atoms with Crippen LogP contribution in [0.3, 0.4) is 0 Å². The Balaban J connectivity index is 1.51. The molecule has 2 saturated heterocycles. The van der Waals surface area contributed by atoms with Gasteiger partial charge in [-0.2, -0.15) is 10.1 Å². The maximum atomic E-state index is 12.0. The average molecular weight is 372 g/mol.